The van der Waals surface area contributed by atoms with Crippen molar-refractivity contribution in [3.8, 4) is 0 Å². The smallest absolute Gasteiger partial charge is 0.255 e. The number of benzene rings is 3. The summed E-state index contributed by atoms with van der Waals surface area (Å²) in [6.07, 6.45) is 0. The third kappa shape index (κ3) is 3.36. The minimum Gasteiger partial charge on any atom is -0.362 e. The second-order valence-electron chi connectivity index (χ2n) is 7.46. The molecule has 3 aromatic carbocycles. The number of anilines is 2. The number of hydrogen-bond acceptors (Lipinski definition) is 3. The van der Waals surface area contributed by atoms with E-state index in [9.17, 15) is 4.79 Å². The van der Waals surface area contributed by atoms with E-state index in [1.807, 2.05) is 49.4 Å². The summed E-state index contributed by atoms with van der Waals surface area (Å²) >= 11 is 0. The van der Waals surface area contributed by atoms with E-state index < -0.39 is 0 Å². The molecule has 0 radical (unpaired) electrons. The van der Waals surface area contributed by atoms with Crippen LogP contribution in [-0.2, 0) is 13.1 Å². The molecule has 1 aliphatic heterocycles. The maximum absolute atomic E-state index is 12.4. The number of aromatic nitrogens is 2. The van der Waals surface area contributed by atoms with Crippen molar-refractivity contribution in [3.63, 3.8) is 0 Å². The third-order valence-corrected chi connectivity index (χ3v) is 5.43. The van der Waals surface area contributed by atoms with Gasteiger partial charge >= 0.3 is 0 Å². The maximum atomic E-state index is 12.4. The zero-order valence-electron chi connectivity index (χ0n) is 16.3. The molecule has 0 saturated carbocycles. The van der Waals surface area contributed by atoms with Gasteiger partial charge in [0.05, 0.1) is 17.6 Å². The molecule has 1 N–H and O–H groups in total. The normalized spacial score (nSPS) is 13.3. The van der Waals surface area contributed by atoms with E-state index in [-0.39, 0.29) is 5.91 Å². The minimum absolute atomic E-state index is 0.0897. The van der Waals surface area contributed by atoms with Crippen LogP contribution in [0.25, 0.3) is 11.0 Å². The Balaban J connectivity index is 1.31. The number of imidazole rings is 1. The van der Waals surface area contributed by atoms with E-state index >= 15 is 0 Å². The number of nitrogens with zero attached hydrogens (tertiary/aromatic N) is 3. The number of fused-ring (bicyclic) bond motifs is 3. The summed E-state index contributed by atoms with van der Waals surface area (Å²) in [5.41, 5.74) is 5.93. The summed E-state index contributed by atoms with van der Waals surface area (Å²) in [6, 6.07) is 23.9. The lowest BCUT2D eigenvalue weighted by atomic mass is 10.1. The Kier molecular flexibility index (Phi) is 4.28. The number of rotatable bonds is 3. The molecule has 5 heteroatoms. The number of aryl methyl sites for hydroxylation is 1. The van der Waals surface area contributed by atoms with Crippen LogP contribution in [0.1, 0.15) is 21.7 Å². The van der Waals surface area contributed by atoms with Crippen molar-refractivity contribution in [2.45, 2.75) is 20.0 Å². The largest absolute Gasteiger partial charge is 0.362 e. The van der Waals surface area contributed by atoms with Crippen molar-refractivity contribution >= 4 is 28.3 Å². The van der Waals surface area contributed by atoms with Crippen LogP contribution < -0.4 is 10.2 Å². The SMILES string of the molecule is Cc1cccc(C(=O)Nc2ccc(N3CCn4c(nc5ccccc54)C3)cc2)c1. The van der Waals surface area contributed by atoms with Gasteiger partial charge < -0.3 is 14.8 Å². The molecule has 0 bridgehead atoms. The van der Waals surface area contributed by atoms with Gasteiger partial charge in [-0.15, -0.1) is 0 Å². The highest BCUT2D eigenvalue weighted by Crippen LogP contribution is 2.26. The fraction of sp³-hybridized carbons (Fsp3) is 0.167. The standard InChI is InChI=1S/C24H22N4O/c1-17-5-4-6-18(15-17)24(29)25-19-9-11-20(12-10-19)27-13-14-28-22-8-3-2-7-21(22)26-23(28)16-27/h2-12,15H,13-14,16H2,1H3,(H,25,29). The predicted molar refractivity (Wildman–Crippen MR) is 116 cm³/mol. The van der Waals surface area contributed by atoms with Gasteiger partial charge in [0.15, 0.2) is 0 Å². The van der Waals surface area contributed by atoms with E-state index in [0.29, 0.717) is 5.56 Å². The van der Waals surface area contributed by atoms with Crippen LogP contribution in [0.15, 0.2) is 72.8 Å². The summed E-state index contributed by atoms with van der Waals surface area (Å²) in [5, 5.41) is 2.98. The summed E-state index contributed by atoms with van der Waals surface area (Å²) < 4.78 is 2.31. The molecule has 0 saturated heterocycles. The average Bonchev–Trinajstić information content (AvgIpc) is 3.12. The molecule has 1 aliphatic rings. The van der Waals surface area contributed by atoms with Crippen LogP contribution in [-0.4, -0.2) is 22.0 Å². The number of amides is 1. The molecule has 0 fully saturated rings. The van der Waals surface area contributed by atoms with Crippen LogP contribution in [0.4, 0.5) is 11.4 Å². The molecule has 4 aromatic rings. The number of para-hydroxylation sites is 2. The first-order chi connectivity index (χ1) is 14.2. The Labute approximate surface area is 169 Å². The van der Waals surface area contributed by atoms with Crippen LogP contribution in [0.3, 0.4) is 0 Å². The van der Waals surface area contributed by atoms with Crippen molar-refractivity contribution in [1.29, 1.82) is 0 Å². The quantitative estimate of drug-likeness (QED) is 0.563. The minimum atomic E-state index is -0.0897. The Morgan fingerprint density at radius 1 is 0.966 bits per heavy atom. The number of carbonyl (C=O) groups is 1. The van der Waals surface area contributed by atoms with Gasteiger partial charge in [-0.1, -0.05) is 29.8 Å². The number of carbonyl (C=O) groups excluding carboxylic acids is 1. The Bertz CT molecular complexity index is 1190. The van der Waals surface area contributed by atoms with Gasteiger partial charge in [0.25, 0.3) is 5.91 Å². The fourth-order valence-electron chi connectivity index (χ4n) is 3.93. The van der Waals surface area contributed by atoms with Gasteiger partial charge in [-0.2, -0.15) is 0 Å². The Hall–Kier alpha value is -3.60. The maximum Gasteiger partial charge on any atom is 0.255 e. The van der Waals surface area contributed by atoms with Gasteiger partial charge in [-0.25, -0.2) is 4.98 Å². The number of nitrogens with one attached hydrogen (secondary N) is 1. The van der Waals surface area contributed by atoms with E-state index in [1.54, 1.807) is 0 Å². The first-order valence-electron chi connectivity index (χ1n) is 9.84. The summed E-state index contributed by atoms with van der Waals surface area (Å²) in [5.74, 6) is 1.00. The first-order valence-corrected chi connectivity index (χ1v) is 9.84. The highest BCUT2D eigenvalue weighted by Gasteiger charge is 2.20. The zero-order chi connectivity index (χ0) is 19.8. The van der Waals surface area contributed by atoms with E-state index in [0.717, 1.165) is 47.9 Å². The Morgan fingerprint density at radius 2 is 1.79 bits per heavy atom. The molecule has 1 amide bonds. The average molecular weight is 382 g/mol. The highest BCUT2D eigenvalue weighted by molar-refractivity contribution is 6.04. The molecule has 1 aromatic heterocycles. The van der Waals surface area contributed by atoms with Gasteiger partial charge in [0, 0.05) is 30.0 Å². The van der Waals surface area contributed by atoms with Crippen LogP contribution in [0.5, 0.6) is 0 Å². The molecule has 0 atom stereocenters. The summed E-state index contributed by atoms with van der Waals surface area (Å²) in [6.45, 7) is 4.62. The molecule has 144 valence electrons. The highest BCUT2D eigenvalue weighted by atomic mass is 16.1. The van der Waals surface area contributed by atoms with Crippen molar-refractivity contribution in [2.75, 3.05) is 16.8 Å². The Morgan fingerprint density at radius 3 is 2.62 bits per heavy atom. The lowest BCUT2D eigenvalue weighted by molar-refractivity contribution is 0.102. The molecule has 0 spiro atoms. The van der Waals surface area contributed by atoms with E-state index in [1.165, 1.54) is 5.52 Å². The van der Waals surface area contributed by atoms with Gasteiger partial charge in [0.2, 0.25) is 0 Å². The summed E-state index contributed by atoms with van der Waals surface area (Å²) in [4.78, 5) is 19.6. The molecule has 2 heterocycles. The summed E-state index contributed by atoms with van der Waals surface area (Å²) in [7, 11) is 0. The lowest BCUT2D eigenvalue weighted by Crippen LogP contribution is -2.33. The van der Waals surface area contributed by atoms with Crippen molar-refractivity contribution in [2.24, 2.45) is 0 Å². The van der Waals surface area contributed by atoms with Crippen molar-refractivity contribution in [1.82, 2.24) is 9.55 Å². The molecule has 5 nitrogen and oxygen atoms in total. The fourth-order valence-corrected chi connectivity index (χ4v) is 3.93. The van der Waals surface area contributed by atoms with Crippen LogP contribution in [0.2, 0.25) is 0 Å². The molecular weight excluding hydrogens is 360 g/mol. The van der Waals surface area contributed by atoms with E-state index in [4.69, 9.17) is 4.98 Å². The van der Waals surface area contributed by atoms with Crippen LogP contribution in [0, 0.1) is 6.92 Å². The van der Waals surface area contributed by atoms with Gasteiger partial charge in [-0.05, 0) is 55.5 Å². The second kappa shape index (κ2) is 7.09. The second-order valence-corrected chi connectivity index (χ2v) is 7.46. The first kappa shape index (κ1) is 17.5. The molecule has 0 aliphatic carbocycles. The van der Waals surface area contributed by atoms with Gasteiger partial charge in [0.1, 0.15) is 5.82 Å². The monoisotopic (exact) mass is 382 g/mol. The molecule has 29 heavy (non-hydrogen) atoms. The number of hydrogen-bond donors (Lipinski definition) is 1. The predicted octanol–water partition coefficient (Wildman–Crippen LogP) is 4.62. The van der Waals surface area contributed by atoms with Crippen molar-refractivity contribution < 1.29 is 4.79 Å². The topological polar surface area (TPSA) is 50.2 Å². The molecule has 0 unspecified atom stereocenters. The zero-order valence-corrected chi connectivity index (χ0v) is 16.3. The van der Waals surface area contributed by atoms with Crippen LogP contribution >= 0.6 is 0 Å². The molecular formula is C24H22N4O. The molecule has 5 rings (SSSR count). The van der Waals surface area contributed by atoms with Crippen molar-refractivity contribution in [3.05, 3.63) is 89.7 Å². The van der Waals surface area contributed by atoms with Gasteiger partial charge in [-0.3, -0.25) is 4.79 Å². The third-order valence-electron chi connectivity index (χ3n) is 5.43. The van der Waals surface area contributed by atoms with E-state index in [2.05, 4.69) is 45.1 Å². The lowest BCUT2D eigenvalue weighted by Gasteiger charge is -2.30.